The van der Waals surface area contributed by atoms with Crippen LogP contribution in [0.15, 0.2) is 4.52 Å². The SMILES string of the molecule is CCC(C)c1noc(C2CCCN(C(=O)COC)C2)n1. The number of nitrogens with zero attached hydrogens (tertiary/aromatic N) is 3. The van der Waals surface area contributed by atoms with E-state index in [0.29, 0.717) is 18.4 Å². The number of hydrogen-bond donors (Lipinski definition) is 0. The number of ether oxygens (including phenoxy) is 1. The zero-order valence-corrected chi connectivity index (χ0v) is 12.5. The Kier molecular flexibility index (Phi) is 5.11. The van der Waals surface area contributed by atoms with Crippen LogP contribution in [0, 0.1) is 0 Å². The summed E-state index contributed by atoms with van der Waals surface area (Å²) >= 11 is 0. The minimum Gasteiger partial charge on any atom is -0.375 e. The van der Waals surface area contributed by atoms with Crippen LogP contribution in [-0.4, -0.2) is 47.8 Å². The summed E-state index contributed by atoms with van der Waals surface area (Å²) in [5.74, 6) is 1.91. The maximum Gasteiger partial charge on any atom is 0.248 e. The summed E-state index contributed by atoms with van der Waals surface area (Å²) < 4.78 is 10.3. The molecule has 0 bridgehead atoms. The van der Waals surface area contributed by atoms with Crippen LogP contribution in [0.4, 0.5) is 0 Å². The van der Waals surface area contributed by atoms with Crippen molar-refractivity contribution >= 4 is 5.91 Å². The van der Waals surface area contributed by atoms with Gasteiger partial charge in [0.15, 0.2) is 5.82 Å². The first-order valence-electron chi connectivity index (χ1n) is 7.25. The second-order valence-corrected chi connectivity index (χ2v) is 5.41. The smallest absolute Gasteiger partial charge is 0.248 e. The molecule has 2 heterocycles. The van der Waals surface area contributed by atoms with Crippen molar-refractivity contribution in [2.45, 2.75) is 44.9 Å². The molecule has 6 heteroatoms. The number of carbonyl (C=O) groups excluding carboxylic acids is 1. The molecule has 0 spiro atoms. The molecule has 2 atom stereocenters. The molecule has 1 aromatic heterocycles. The minimum absolute atomic E-state index is 0.0267. The molecule has 1 aliphatic rings. The first kappa shape index (κ1) is 15.0. The van der Waals surface area contributed by atoms with Gasteiger partial charge in [0.25, 0.3) is 0 Å². The summed E-state index contributed by atoms with van der Waals surface area (Å²) in [4.78, 5) is 18.2. The molecule has 20 heavy (non-hydrogen) atoms. The van der Waals surface area contributed by atoms with E-state index >= 15 is 0 Å². The maximum atomic E-state index is 11.9. The normalized spacial score (nSPS) is 20.9. The number of piperidine rings is 1. The third-order valence-electron chi connectivity index (χ3n) is 3.90. The Balaban J connectivity index is 2.01. The van der Waals surface area contributed by atoms with Crippen molar-refractivity contribution in [1.29, 1.82) is 0 Å². The van der Waals surface area contributed by atoms with Gasteiger partial charge in [-0.15, -0.1) is 0 Å². The lowest BCUT2D eigenvalue weighted by atomic mass is 9.98. The third-order valence-corrected chi connectivity index (χ3v) is 3.90. The number of rotatable bonds is 5. The molecule has 0 N–H and O–H groups in total. The lowest BCUT2D eigenvalue weighted by molar-refractivity contribution is -0.136. The highest BCUT2D eigenvalue weighted by Crippen LogP contribution is 2.27. The number of methoxy groups -OCH3 is 1. The first-order chi connectivity index (χ1) is 9.65. The molecule has 1 aromatic rings. The number of likely N-dealkylation sites (tertiary alicyclic amines) is 1. The van der Waals surface area contributed by atoms with Crippen LogP contribution in [0.5, 0.6) is 0 Å². The summed E-state index contributed by atoms with van der Waals surface area (Å²) in [6.45, 7) is 5.75. The van der Waals surface area contributed by atoms with E-state index in [1.54, 1.807) is 0 Å². The molecule has 2 rings (SSSR count). The van der Waals surface area contributed by atoms with Crippen molar-refractivity contribution in [3.05, 3.63) is 11.7 Å². The molecule has 1 amide bonds. The quantitative estimate of drug-likeness (QED) is 0.825. The van der Waals surface area contributed by atoms with Gasteiger partial charge >= 0.3 is 0 Å². The molecule has 1 saturated heterocycles. The van der Waals surface area contributed by atoms with Crippen LogP contribution in [-0.2, 0) is 9.53 Å². The predicted octanol–water partition coefficient (Wildman–Crippen LogP) is 1.94. The second kappa shape index (κ2) is 6.83. The zero-order chi connectivity index (χ0) is 14.5. The van der Waals surface area contributed by atoms with E-state index in [-0.39, 0.29) is 18.4 Å². The summed E-state index contributed by atoms with van der Waals surface area (Å²) in [5.41, 5.74) is 0. The van der Waals surface area contributed by atoms with Crippen molar-refractivity contribution in [2.75, 3.05) is 26.8 Å². The van der Waals surface area contributed by atoms with Gasteiger partial charge in [-0.1, -0.05) is 19.0 Å². The molecule has 2 unspecified atom stereocenters. The molecule has 1 fully saturated rings. The van der Waals surface area contributed by atoms with E-state index in [1.165, 1.54) is 7.11 Å². The van der Waals surface area contributed by atoms with Gasteiger partial charge in [-0.05, 0) is 19.3 Å². The van der Waals surface area contributed by atoms with Crippen molar-refractivity contribution in [2.24, 2.45) is 0 Å². The average molecular weight is 281 g/mol. The molecule has 112 valence electrons. The second-order valence-electron chi connectivity index (χ2n) is 5.41. The van der Waals surface area contributed by atoms with E-state index < -0.39 is 0 Å². The molecular weight excluding hydrogens is 258 g/mol. The Morgan fingerprint density at radius 1 is 1.60 bits per heavy atom. The number of carbonyl (C=O) groups is 1. The molecule has 6 nitrogen and oxygen atoms in total. The summed E-state index contributed by atoms with van der Waals surface area (Å²) in [7, 11) is 1.54. The largest absolute Gasteiger partial charge is 0.375 e. The topological polar surface area (TPSA) is 68.5 Å². The van der Waals surface area contributed by atoms with Crippen LogP contribution in [0.25, 0.3) is 0 Å². The highest BCUT2D eigenvalue weighted by Gasteiger charge is 2.28. The van der Waals surface area contributed by atoms with Crippen LogP contribution < -0.4 is 0 Å². The van der Waals surface area contributed by atoms with Crippen molar-refractivity contribution in [3.63, 3.8) is 0 Å². The highest BCUT2D eigenvalue weighted by molar-refractivity contribution is 5.77. The number of amides is 1. The Bertz CT molecular complexity index is 447. The fourth-order valence-electron chi connectivity index (χ4n) is 2.42. The van der Waals surface area contributed by atoms with Gasteiger partial charge in [0, 0.05) is 26.1 Å². The van der Waals surface area contributed by atoms with Gasteiger partial charge in [0.05, 0.1) is 5.92 Å². The van der Waals surface area contributed by atoms with E-state index in [1.807, 2.05) is 4.90 Å². The fraction of sp³-hybridized carbons (Fsp3) is 0.786. The van der Waals surface area contributed by atoms with E-state index in [0.717, 1.165) is 31.6 Å². The van der Waals surface area contributed by atoms with Crippen LogP contribution in [0.3, 0.4) is 0 Å². The van der Waals surface area contributed by atoms with E-state index in [4.69, 9.17) is 9.26 Å². The molecular formula is C14H23N3O3. The molecule has 0 saturated carbocycles. The minimum atomic E-state index is 0.0267. The van der Waals surface area contributed by atoms with Gasteiger partial charge in [-0.2, -0.15) is 4.98 Å². The number of hydrogen-bond acceptors (Lipinski definition) is 5. The lowest BCUT2D eigenvalue weighted by Crippen LogP contribution is -2.40. The third kappa shape index (κ3) is 3.36. The van der Waals surface area contributed by atoms with Gasteiger partial charge in [0.1, 0.15) is 6.61 Å². The highest BCUT2D eigenvalue weighted by atomic mass is 16.5. The first-order valence-corrected chi connectivity index (χ1v) is 7.25. The Morgan fingerprint density at radius 3 is 3.10 bits per heavy atom. The molecule has 0 aliphatic carbocycles. The summed E-state index contributed by atoms with van der Waals surface area (Å²) in [6, 6.07) is 0. The van der Waals surface area contributed by atoms with Crippen LogP contribution in [0.2, 0.25) is 0 Å². The van der Waals surface area contributed by atoms with Crippen molar-refractivity contribution in [1.82, 2.24) is 15.0 Å². The monoisotopic (exact) mass is 281 g/mol. The van der Waals surface area contributed by atoms with Gasteiger partial charge in [0.2, 0.25) is 11.8 Å². The average Bonchev–Trinajstić information content (AvgIpc) is 2.96. The Labute approximate surface area is 119 Å². The van der Waals surface area contributed by atoms with E-state index in [2.05, 4.69) is 24.0 Å². The predicted molar refractivity (Wildman–Crippen MR) is 73.4 cm³/mol. The number of aromatic nitrogens is 2. The maximum absolute atomic E-state index is 11.9. The van der Waals surface area contributed by atoms with Crippen molar-refractivity contribution < 1.29 is 14.1 Å². The fourth-order valence-corrected chi connectivity index (χ4v) is 2.42. The lowest BCUT2D eigenvalue weighted by Gasteiger charge is -2.30. The molecule has 0 aromatic carbocycles. The summed E-state index contributed by atoms with van der Waals surface area (Å²) in [5, 5.41) is 4.05. The van der Waals surface area contributed by atoms with Gasteiger partial charge in [-0.25, -0.2) is 0 Å². The van der Waals surface area contributed by atoms with E-state index in [9.17, 15) is 4.79 Å². The molecule has 1 aliphatic heterocycles. The van der Waals surface area contributed by atoms with Gasteiger partial charge in [-0.3, -0.25) is 4.79 Å². The standard InChI is InChI=1S/C14H23N3O3/c1-4-10(2)13-15-14(20-16-13)11-6-5-7-17(8-11)12(18)9-19-3/h10-11H,4-9H2,1-3H3. The zero-order valence-electron chi connectivity index (χ0n) is 12.5. The molecule has 0 radical (unpaired) electrons. The van der Waals surface area contributed by atoms with Crippen LogP contribution in [0.1, 0.15) is 56.7 Å². The van der Waals surface area contributed by atoms with Crippen LogP contribution >= 0.6 is 0 Å². The Hall–Kier alpha value is -1.43. The Morgan fingerprint density at radius 2 is 2.40 bits per heavy atom. The van der Waals surface area contributed by atoms with Gasteiger partial charge < -0.3 is 14.2 Å². The van der Waals surface area contributed by atoms with Crippen molar-refractivity contribution in [3.8, 4) is 0 Å². The summed E-state index contributed by atoms with van der Waals surface area (Å²) in [6.07, 6.45) is 2.93.